The molecule has 2 aromatic heterocycles. The van der Waals surface area contributed by atoms with Crippen LogP contribution in [-0.4, -0.2) is 26.5 Å². The minimum atomic E-state index is 0.289. The molecule has 0 unspecified atom stereocenters. The minimum Gasteiger partial charge on any atom is -0.454 e. The van der Waals surface area contributed by atoms with E-state index in [4.69, 9.17) is 14.5 Å². The molecule has 7 heteroatoms. The van der Waals surface area contributed by atoms with Gasteiger partial charge < -0.3 is 14.0 Å². The fourth-order valence-corrected chi connectivity index (χ4v) is 3.97. The summed E-state index contributed by atoms with van der Waals surface area (Å²) >= 11 is 1.57. The first-order chi connectivity index (χ1) is 12.8. The van der Waals surface area contributed by atoms with Crippen LogP contribution in [0, 0.1) is 0 Å². The third kappa shape index (κ3) is 2.47. The second kappa shape index (κ2) is 6.17. The Bertz CT molecular complexity index is 1130. The summed E-state index contributed by atoms with van der Waals surface area (Å²) in [5.74, 6) is 2.34. The zero-order chi connectivity index (χ0) is 17.5. The van der Waals surface area contributed by atoms with Crippen molar-refractivity contribution >= 4 is 33.8 Å². The van der Waals surface area contributed by atoms with Gasteiger partial charge in [0.1, 0.15) is 5.52 Å². The van der Waals surface area contributed by atoms with Gasteiger partial charge in [-0.05, 0) is 30.7 Å². The van der Waals surface area contributed by atoms with Crippen LogP contribution < -0.4 is 9.47 Å². The maximum Gasteiger partial charge on any atom is 0.231 e. The maximum atomic E-state index is 5.43. The number of aryl methyl sites for hydroxylation is 1. The molecule has 6 nitrogen and oxygen atoms in total. The lowest BCUT2D eigenvalue weighted by atomic mass is 10.2. The highest BCUT2D eigenvalue weighted by Crippen LogP contribution is 2.34. The molecule has 0 aliphatic carbocycles. The molecule has 5 rings (SSSR count). The smallest absolute Gasteiger partial charge is 0.231 e. The zero-order valence-electron chi connectivity index (χ0n) is 14.2. The van der Waals surface area contributed by atoms with E-state index in [1.807, 2.05) is 30.3 Å². The number of hydrogen-bond donors (Lipinski definition) is 0. The van der Waals surface area contributed by atoms with Crippen LogP contribution in [0.25, 0.3) is 22.1 Å². The van der Waals surface area contributed by atoms with Crippen molar-refractivity contribution in [3.05, 3.63) is 48.0 Å². The van der Waals surface area contributed by atoms with Gasteiger partial charge in [-0.2, -0.15) is 0 Å². The van der Waals surface area contributed by atoms with Gasteiger partial charge in [0.25, 0.3) is 0 Å². The van der Waals surface area contributed by atoms with E-state index in [2.05, 4.69) is 33.8 Å². The first-order valence-electron chi connectivity index (χ1n) is 8.46. The molecule has 1 aliphatic heterocycles. The molecule has 0 radical (unpaired) electrons. The predicted octanol–water partition coefficient (Wildman–Crippen LogP) is 4.02. The van der Waals surface area contributed by atoms with Crippen LogP contribution in [0.15, 0.2) is 47.6 Å². The second-order valence-electron chi connectivity index (χ2n) is 6.00. The number of rotatable bonds is 4. The van der Waals surface area contributed by atoms with E-state index in [1.165, 1.54) is 0 Å². The summed E-state index contributed by atoms with van der Waals surface area (Å²) < 4.78 is 13.0. The number of fused-ring (bicyclic) bond motifs is 4. The van der Waals surface area contributed by atoms with Gasteiger partial charge in [0.2, 0.25) is 11.9 Å². The van der Waals surface area contributed by atoms with Crippen molar-refractivity contribution in [1.29, 1.82) is 0 Å². The topological polar surface area (TPSA) is 62.1 Å². The van der Waals surface area contributed by atoms with Crippen molar-refractivity contribution in [2.75, 3.05) is 6.79 Å². The van der Waals surface area contributed by atoms with Gasteiger partial charge in [-0.3, -0.25) is 0 Å². The van der Waals surface area contributed by atoms with Gasteiger partial charge in [-0.25, -0.2) is 4.98 Å². The van der Waals surface area contributed by atoms with Crippen molar-refractivity contribution in [2.45, 2.75) is 24.4 Å². The third-order valence-corrected chi connectivity index (χ3v) is 5.38. The highest BCUT2D eigenvalue weighted by molar-refractivity contribution is 7.98. The van der Waals surface area contributed by atoms with Gasteiger partial charge >= 0.3 is 0 Å². The van der Waals surface area contributed by atoms with Crippen LogP contribution in [0.3, 0.4) is 0 Å². The highest BCUT2D eigenvalue weighted by atomic mass is 32.2. The number of aromatic nitrogens is 4. The van der Waals surface area contributed by atoms with E-state index in [0.29, 0.717) is 5.16 Å². The number of ether oxygens (including phenoxy) is 2. The molecule has 1 aliphatic rings. The van der Waals surface area contributed by atoms with Crippen molar-refractivity contribution in [1.82, 2.24) is 19.7 Å². The van der Waals surface area contributed by atoms with E-state index >= 15 is 0 Å². The summed E-state index contributed by atoms with van der Waals surface area (Å²) in [5.41, 5.74) is 4.02. The largest absolute Gasteiger partial charge is 0.454 e. The van der Waals surface area contributed by atoms with Gasteiger partial charge in [0, 0.05) is 17.7 Å². The fourth-order valence-electron chi connectivity index (χ4n) is 3.25. The zero-order valence-corrected chi connectivity index (χ0v) is 15.0. The molecule has 4 aromatic rings. The predicted molar refractivity (Wildman–Crippen MR) is 101 cm³/mol. The lowest BCUT2D eigenvalue weighted by Gasteiger charge is -2.04. The Labute approximate surface area is 154 Å². The molecule has 0 bridgehead atoms. The molecule has 0 N–H and O–H groups in total. The van der Waals surface area contributed by atoms with Crippen LogP contribution in [0.1, 0.15) is 12.5 Å². The number of benzene rings is 2. The molecule has 130 valence electrons. The first-order valence-corrected chi connectivity index (χ1v) is 9.45. The lowest BCUT2D eigenvalue weighted by Crippen LogP contribution is -1.98. The quantitative estimate of drug-likeness (QED) is 0.510. The highest BCUT2D eigenvalue weighted by Gasteiger charge is 2.15. The molecular formula is C19H16N4O2S. The standard InChI is InChI=1S/C19H16N4O2S/c1-2-23-14-6-4-3-5-13(14)17-18(23)20-19(22-21-17)26-10-12-7-8-15-16(9-12)25-11-24-15/h3-9H,2,10-11H2,1H3. The molecule has 0 spiro atoms. The van der Waals surface area contributed by atoms with Gasteiger partial charge in [-0.15, -0.1) is 10.2 Å². The Balaban J connectivity index is 1.47. The van der Waals surface area contributed by atoms with E-state index in [9.17, 15) is 0 Å². The van der Waals surface area contributed by atoms with Crippen LogP contribution in [-0.2, 0) is 12.3 Å². The average Bonchev–Trinajstić information content (AvgIpc) is 3.27. The third-order valence-electron chi connectivity index (χ3n) is 4.48. The molecule has 3 heterocycles. The van der Waals surface area contributed by atoms with Crippen LogP contribution in [0.4, 0.5) is 0 Å². The van der Waals surface area contributed by atoms with Crippen molar-refractivity contribution in [3.63, 3.8) is 0 Å². The Morgan fingerprint density at radius 3 is 2.88 bits per heavy atom. The summed E-state index contributed by atoms with van der Waals surface area (Å²) in [7, 11) is 0. The van der Waals surface area contributed by atoms with Gasteiger partial charge in [0.15, 0.2) is 17.1 Å². The molecule has 0 saturated carbocycles. The molecule has 0 amide bonds. The molecule has 2 aromatic carbocycles. The Kier molecular flexibility index (Phi) is 3.67. The Morgan fingerprint density at radius 1 is 1.08 bits per heavy atom. The number of nitrogens with zero attached hydrogens (tertiary/aromatic N) is 4. The SMILES string of the molecule is CCn1c2ccccc2c2nnc(SCc3ccc4c(c3)OCO4)nc21. The Hall–Kier alpha value is -2.80. The molecular weight excluding hydrogens is 348 g/mol. The lowest BCUT2D eigenvalue weighted by molar-refractivity contribution is 0.174. The summed E-state index contributed by atoms with van der Waals surface area (Å²) in [5, 5.41) is 10.5. The van der Waals surface area contributed by atoms with Crippen LogP contribution >= 0.6 is 11.8 Å². The summed E-state index contributed by atoms with van der Waals surface area (Å²) in [6.45, 7) is 3.25. The maximum absolute atomic E-state index is 5.43. The number of para-hydroxylation sites is 1. The fraction of sp³-hybridized carbons (Fsp3) is 0.211. The van der Waals surface area contributed by atoms with E-state index in [-0.39, 0.29) is 6.79 Å². The summed E-state index contributed by atoms with van der Waals surface area (Å²) in [6.07, 6.45) is 0. The minimum absolute atomic E-state index is 0.289. The number of thioether (sulfide) groups is 1. The average molecular weight is 364 g/mol. The molecule has 26 heavy (non-hydrogen) atoms. The number of hydrogen-bond acceptors (Lipinski definition) is 6. The molecule has 0 atom stereocenters. The van der Waals surface area contributed by atoms with Gasteiger partial charge in [0.05, 0.1) is 5.52 Å². The molecule has 0 fully saturated rings. The van der Waals surface area contributed by atoms with Crippen molar-refractivity contribution in [2.24, 2.45) is 0 Å². The normalized spacial score (nSPS) is 13.0. The van der Waals surface area contributed by atoms with E-state index < -0.39 is 0 Å². The summed E-state index contributed by atoms with van der Waals surface area (Å²) in [4.78, 5) is 4.77. The summed E-state index contributed by atoms with van der Waals surface area (Å²) in [6, 6.07) is 14.2. The van der Waals surface area contributed by atoms with Crippen LogP contribution in [0.2, 0.25) is 0 Å². The Morgan fingerprint density at radius 2 is 1.96 bits per heavy atom. The monoisotopic (exact) mass is 364 g/mol. The first kappa shape index (κ1) is 15.5. The van der Waals surface area contributed by atoms with Crippen molar-refractivity contribution in [3.8, 4) is 11.5 Å². The van der Waals surface area contributed by atoms with Crippen molar-refractivity contribution < 1.29 is 9.47 Å². The van der Waals surface area contributed by atoms with E-state index in [1.54, 1.807) is 11.8 Å². The van der Waals surface area contributed by atoms with E-state index in [0.717, 1.165) is 51.4 Å². The second-order valence-corrected chi connectivity index (χ2v) is 6.95. The molecule has 0 saturated heterocycles. The van der Waals surface area contributed by atoms with Crippen LogP contribution in [0.5, 0.6) is 11.5 Å². The van der Waals surface area contributed by atoms with Gasteiger partial charge in [-0.1, -0.05) is 36.0 Å².